The standard InChI is InChI=1S/C17H27NO/c1-2-10-18-14-17(16-6-4-3-5-7-16)13-15-8-11-19-12-9-15/h3-7,15,17-18H,2,8-14H2,1H3. The smallest absolute Gasteiger partial charge is 0.0468 e. The Morgan fingerprint density at radius 1 is 1.21 bits per heavy atom. The van der Waals surface area contributed by atoms with E-state index in [2.05, 4.69) is 42.6 Å². The minimum Gasteiger partial charge on any atom is -0.381 e. The van der Waals surface area contributed by atoms with Gasteiger partial charge in [0.2, 0.25) is 0 Å². The average molecular weight is 261 g/mol. The second kappa shape index (κ2) is 8.34. The summed E-state index contributed by atoms with van der Waals surface area (Å²) in [5.74, 6) is 1.48. The fourth-order valence-corrected chi connectivity index (χ4v) is 2.90. The molecule has 0 radical (unpaired) electrons. The SMILES string of the molecule is CCCNCC(CC1CCOCC1)c1ccccc1. The summed E-state index contributed by atoms with van der Waals surface area (Å²) in [5.41, 5.74) is 1.48. The van der Waals surface area contributed by atoms with Gasteiger partial charge in [-0.05, 0) is 49.6 Å². The molecular formula is C17H27NO. The van der Waals surface area contributed by atoms with Crippen molar-refractivity contribution >= 4 is 0 Å². The molecule has 1 fully saturated rings. The van der Waals surface area contributed by atoms with Crippen molar-refractivity contribution in [2.45, 2.75) is 38.5 Å². The van der Waals surface area contributed by atoms with E-state index in [0.29, 0.717) is 5.92 Å². The summed E-state index contributed by atoms with van der Waals surface area (Å²) in [7, 11) is 0. The van der Waals surface area contributed by atoms with Crippen LogP contribution in [0.5, 0.6) is 0 Å². The number of hydrogen-bond acceptors (Lipinski definition) is 2. The largest absolute Gasteiger partial charge is 0.381 e. The highest BCUT2D eigenvalue weighted by atomic mass is 16.5. The molecule has 2 nitrogen and oxygen atoms in total. The lowest BCUT2D eigenvalue weighted by Gasteiger charge is -2.27. The van der Waals surface area contributed by atoms with Gasteiger partial charge in [0.1, 0.15) is 0 Å². The van der Waals surface area contributed by atoms with Gasteiger partial charge >= 0.3 is 0 Å². The van der Waals surface area contributed by atoms with Crippen LogP contribution in [0, 0.1) is 5.92 Å². The molecule has 0 saturated carbocycles. The predicted octanol–water partition coefficient (Wildman–Crippen LogP) is 3.59. The Kier molecular flexibility index (Phi) is 6.38. The van der Waals surface area contributed by atoms with Gasteiger partial charge in [0, 0.05) is 19.8 Å². The van der Waals surface area contributed by atoms with Gasteiger partial charge in [-0.2, -0.15) is 0 Å². The van der Waals surface area contributed by atoms with E-state index in [4.69, 9.17) is 4.74 Å². The van der Waals surface area contributed by atoms with Crippen molar-refractivity contribution in [1.82, 2.24) is 5.32 Å². The average Bonchev–Trinajstić information content (AvgIpc) is 2.48. The molecule has 2 heteroatoms. The molecule has 106 valence electrons. The monoisotopic (exact) mass is 261 g/mol. The number of hydrogen-bond donors (Lipinski definition) is 1. The third-order valence-corrected chi connectivity index (χ3v) is 4.05. The molecule has 1 aliphatic heterocycles. The summed E-state index contributed by atoms with van der Waals surface area (Å²) in [6.07, 6.45) is 4.97. The molecular weight excluding hydrogens is 234 g/mol. The molecule has 19 heavy (non-hydrogen) atoms. The number of ether oxygens (including phenoxy) is 1. The van der Waals surface area contributed by atoms with Gasteiger partial charge in [0.25, 0.3) is 0 Å². The molecule has 1 heterocycles. The van der Waals surface area contributed by atoms with Gasteiger partial charge in [-0.15, -0.1) is 0 Å². The van der Waals surface area contributed by atoms with E-state index < -0.39 is 0 Å². The summed E-state index contributed by atoms with van der Waals surface area (Å²) in [5, 5.41) is 3.59. The molecule has 1 aliphatic rings. The van der Waals surface area contributed by atoms with E-state index in [9.17, 15) is 0 Å². The van der Waals surface area contributed by atoms with Crippen LogP contribution in [0.3, 0.4) is 0 Å². The van der Waals surface area contributed by atoms with Gasteiger partial charge in [-0.25, -0.2) is 0 Å². The van der Waals surface area contributed by atoms with Gasteiger partial charge in [-0.1, -0.05) is 37.3 Å². The van der Waals surface area contributed by atoms with Crippen molar-refractivity contribution in [3.8, 4) is 0 Å². The first-order chi connectivity index (χ1) is 9.40. The third kappa shape index (κ3) is 4.96. The molecule has 0 amide bonds. The molecule has 2 rings (SSSR count). The number of benzene rings is 1. The van der Waals surface area contributed by atoms with Crippen molar-refractivity contribution in [3.05, 3.63) is 35.9 Å². The Bertz CT molecular complexity index is 332. The lowest BCUT2D eigenvalue weighted by atomic mass is 9.85. The van der Waals surface area contributed by atoms with Gasteiger partial charge in [0.05, 0.1) is 0 Å². The van der Waals surface area contributed by atoms with E-state index >= 15 is 0 Å². The molecule has 1 aromatic carbocycles. The predicted molar refractivity (Wildman–Crippen MR) is 80.5 cm³/mol. The van der Waals surface area contributed by atoms with Crippen molar-refractivity contribution in [2.75, 3.05) is 26.3 Å². The first kappa shape index (κ1) is 14.5. The zero-order valence-electron chi connectivity index (χ0n) is 12.1. The minimum atomic E-state index is 0.649. The second-order valence-corrected chi connectivity index (χ2v) is 5.60. The molecule has 0 spiro atoms. The Morgan fingerprint density at radius 3 is 2.63 bits per heavy atom. The van der Waals surface area contributed by atoms with Crippen LogP contribution in [0.1, 0.15) is 44.1 Å². The van der Waals surface area contributed by atoms with E-state index in [1.54, 1.807) is 0 Å². The van der Waals surface area contributed by atoms with E-state index in [0.717, 1.165) is 32.2 Å². The maximum atomic E-state index is 5.47. The molecule has 1 atom stereocenters. The highest BCUT2D eigenvalue weighted by Gasteiger charge is 2.20. The first-order valence-corrected chi connectivity index (χ1v) is 7.73. The Labute approximate surface area is 117 Å². The quantitative estimate of drug-likeness (QED) is 0.757. The molecule has 1 saturated heterocycles. The Morgan fingerprint density at radius 2 is 1.95 bits per heavy atom. The topological polar surface area (TPSA) is 21.3 Å². The van der Waals surface area contributed by atoms with Crippen LogP contribution < -0.4 is 5.32 Å². The van der Waals surface area contributed by atoms with Crippen molar-refractivity contribution in [1.29, 1.82) is 0 Å². The van der Waals surface area contributed by atoms with Gasteiger partial charge < -0.3 is 10.1 Å². The number of nitrogens with one attached hydrogen (secondary N) is 1. The molecule has 0 aromatic heterocycles. The zero-order valence-corrected chi connectivity index (χ0v) is 12.1. The lowest BCUT2D eigenvalue weighted by Crippen LogP contribution is -2.26. The summed E-state index contributed by atoms with van der Waals surface area (Å²) >= 11 is 0. The summed E-state index contributed by atoms with van der Waals surface area (Å²) in [4.78, 5) is 0. The Balaban J connectivity index is 1.92. The molecule has 0 bridgehead atoms. The Hall–Kier alpha value is -0.860. The van der Waals surface area contributed by atoms with Crippen molar-refractivity contribution < 1.29 is 4.74 Å². The van der Waals surface area contributed by atoms with E-state index in [1.807, 2.05) is 0 Å². The molecule has 1 N–H and O–H groups in total. The van der Waals surface area contributed by atoms with Crippen molar-refractivity contribution in [3.63, 3.8) is 0 Å². The normalized spacial score (nSPS) is 18.4. The maximum Gasteiger partial charge on any atom is 0.0468 e. The maximum absolute atomic E-state index is 5.47. The lowest BCUT2D eigenvalue weighted by molar-refractivity contribution is 0.0616. The fourth-order valence-electron chi connectivity index (χ4n) is 2.90. The highest BCUT2D eigenvalue weighted by molar-refractivity contribution is 5.20. The molecule has 1 aromatic rings. The van der Waals surface area contributed by atoms with Crippen LogP contribution >= 0.6 is 0 Å². The van der Waals surface area contributed by atoms with Crippen LogP contribution in [-0.2, 0) is 4.74 Å². The van der Waals surface area contributed by atoms with Gasteiger partial charge in [0.15, 0.2) is 0 Å². The zero-order chi connectivity index (χ0) is 13.3. The third-order valence-electron chi connectivity index (χ3n) is 4.05. The van der Waals surface area contributed by atoms with Crippen LogP contribution in [0.25, 0.3) is 0 Å². The highest BCUT2D eigenvalue weighted by Crippen LogP contribution is 2.28. The molecule has 0 aliphatic carbocycles. The van der Waals surface area contributed by atoms with Crippen LogP contribution in [0.15, 0.2) is 30.3 Å². The molecule has 1 unspecified atom stereocenters. The first-order valence-electron chi connectivity index (χ1n) is 7.73. The van der Waals surface area contributed by atoms with E-state index in [-0.39, 0.29) is 0 Å². The van der Waals surface area contributed by atoms with Crippen LogP contribution in [0.2, 0.25) is 0 Å². The summed E-state index contributed by atoms with van der Waals surface area (Å²) in [6, 6.07) is 11.0. The second-order valence-electron chi connectivity index (χ2n) is 5.60. The van der Waals surface area contributed by atoms with E-state index in [1.165, 1.54) is 31.2 Å². The fraction of sp³-hybridized carbons (Fsp3) is 0.647. The minimum absolute atomic E-state index is 0.649. The van der Waals surface area contributed by atoms with Gasteiger partial charge in [-0.3, -0.25) is 0 Å². The summed E-state index contributed by atoms with van der Waals surface area (Å²) < 4.78 is 5.47. The number of rotatable bonds is 7. The van der Waals surface area contributed by atoms with Crippen LogP contribution in [-0.4, -0.2) is 26.3 Å². The summed E-state index contributed by atoms with van der Waals surface area (Å²) in [6.45, 7) is 6.36. The van der Waals surface area contributed by atoms with Crippen LogP contribution in [0.4, 0.5) is 0 Å². The van der Waals surface area contributed by atoms with Crippen molar-refractivity contribution in [2.24, 2.45) is 5.92 Å².